The maximum atomic E-state index is 13.2. The van der Waals surface area contributed by atoms with Gasteiger partial charge in [-0.15, -0.1) is 5.10 Å². The fraction of sp³-hybridized carbons (Fsp3) is 0.240. The van der Waals surface area contributed by atoms with Crippen LogP contribution in [0.15, 0.2) is 67.0 Å². The van der Waals surface area contributed by atoms with Gasteiger partial charge in [0.05, 0.1) is 5.69 Å². The van der Waals surface area contributed by atoms with Gasteiger partial charge in [-0.1, -0.05) is 42.5 Å². The second-order valence-corrected chi connectivity index (χ2v) is 8.34. The van der Waals surface area contributed by atoms with Crippen LogP contribution in [0.25, 0.3) is 16.5 Å². The highest BCUT2D eigenvalue weighted by atomic mass is 16.2. The molecule has 4 aromatic rings. The summed E-state index contributed by atoms with van der Waals surface area (Å²) in [7, 11) is 0. The first-order chi connectivity index (χ1) is 16.1. The summed E-state index contributed by atoms with van der Waals surface area (Å²) in [6, 6.07) is 19.4. The van der Waals surface area contributed by atoms with Crippen LogP contribution in [0.5, 0.6) is 0 Å². The number of anilines is 1. The van der Waals surface area contributed by atoms with Crippen LogP contribution in [-0.4, -0.2) is 50.0 Å². The van der Waals surface area contributed by atoms with E-state index in [1.807, 2.05) is 72.5 Å². The third kappa shape index (κ3) is 4.19. The van der Waals surface area contributed by atoms with Crippen molar-refractivity contribution in [2.75, 3.05) is 18.4 Å². The number of nitrogens with zero attached hydrogens (tertiary/aromatic N) is 5. The first-order valence-electron chi connectivity index (χ1n) is 11.0. The number of fused-ring (bicyclic) bond motifs is 1. The highest BCUT2D eigenvalue weighted by molar-refractivity contribution is 6.07. The zero-order valence-corrected chi connectivity index (χ0v) is 18.3. The monoisotopic (exact) mass is 440 g/mol. The Morgan fingerprint density at radius 3 is 2.58 bits per heavy atom. The summed E-state index contributed by atoms with van der Waals surface area (Å²) in [5.41, 5.74) is 3.23. The molecule has 3 aromatic carbocycles. The van der Waals surface area contributed by atoms with Crippen LogP contribution in [0.2, 0.25) is 0 Å². The zero-order valence-electron chi connectivity index (χ0n) is 18.3. The van der Waals surface area contributed by atoms with E-state index in [1.165, 1.54) is 6.33 Å². The maximum absolute atomic E-state index is 13.2. The summed E-state index contributed by atoms with van der Waals surface area (Å²) in [4.78, 5) is 27.9. The van der Waals surface area contributed by atoms with Crippen molar-refractivity contribution in [1.82, 2.24) is 25.1 Å². The predicted molar refractivity (Wildman–Crippen MR) is 125 cm³/mol. The molecule has 0 saturated carbocycles. The number of carbonyl (C=O) groups excluding carboxylic acids is 2. The summed E-state index contributed by atoms with van der Waals surface area (Å²) in [5, 5.41) is 16.3. The molecule has 0 spiro atoms. The lowest BCUT2D eigenvalue weighted by atomic mass is 9.94. The topological polar surface area (TPSA) is 93.0 Å². The minimum Gasteiger partial charge on any atom is -0.339 e. The van der Waals surface area contributed by atoms with Crippen LogP contribution in [0, 0.1) is 12.8 Å². The third-order valence-corrected chi connectivity index (χ3v) is 6.25. The van der Waals surface area contributed by atoms with Crippen molar-refractivity contribution in [3.8, 4) is 5.69 Å². The van der Waals surface area contributed by atoms with E-state index in [0.29, 0.717) is 37.2 Å². The smallest absolute Gasteiger partial charge is 0.254 e. The number of likely N-dealkylation sites (tertiary alicyclic amines) is 1. The van der Waals surface area contributed by atoms with E-state index in [2.05, 4.69) is 20.8 Å². The second kappa shape index (κ2) is 8.82. The molecular formula is C25H24N6O2. The van der Waals surface area contributed by atoms with Gasteiger partial charge in [0.25, 0.3) is 5.91 Å². The van der Waals surface area contributed by atoms with Crippen LogP contribution in [0.3, 0.4) is 0 Å². The van der Waals surface area contributed by atoms with Crippen molar-refractivity contribution in [1.29, 1.82) is 0 Å². The van der Waals surface area contributed by atoms with Gasteiger partial charge in [-0.25, -0.2) is 4.68 Å². The number of hydrogen-bond donors (Lipinski definition) is 1. The quantitative estimate of drug-likeness (QED) is 0.523. The highest BCUT2D eigenvalue weighted by Gasteiger charge is 2.28. The number of piperidine rings is 1. The Labute approximate surface area is 191 Å². The molecule has 1 N–H and O–H groups in total. The minimum atomic E-state index is -0.139. The normalized spacial score (nSPS) is 14.4. The lowest BCUT2D eigenvalue weighted by molar-refractivity contribution is -0.121. The molecular weight excluding hydrogens is 416 g/mol. The first-order valence-corrected chi connectivity index (χ1v) is 11.0. The molecule has 5 rings (SSSR count). The number of rotatable bonds is 4. The van der Waals surface area contributed by atoms with Gasteiger partial charge < -0.3 is 10.2 Å². The molecule has 8 heteroatoms. The Morgan fingerprint density at radius 1 is 1.00 bits per heavy atom. The van der Waals surface area contributed by atoms with E-state index in [1.54, 1.807) is 4.68 Å². The lowest BCUT2D eigenvalue weighted by Crippen LogP contribution is -2.41. The summed E-state index contributed by atoms with van der Waals surface area (Å²) >= 11 is 0. The lowest BCUT2D eigenvalue weighted by Gasteiger charge is -2.31. The molecule has 2 heterocycles. The van der Waals surface area contributed by atoms with Gasteiger partial charge in [0.15, 0.2) is 0 Å². The molecule has 33 heavy (non-hydrogen) atoms. The van der Waals surface area contributed by atoms with Crippen molar-refractivity contribution in [2.45, 2.75) is 19.8 Å². The Bertz CT molecular complexity index is 1300. The number of hydrogen-bond acceptors (Lipinski definition) is 5. The number of aromatic nitrogens is 4. The molecule has 1 aliphatic heterocycles. The van der Waals surface area contributed by atoms with Crippen LogP contribution in [-0.2, 0) is 4.79 Å². The van der Waals surface area contributed by atoms with Crippen molar-refractivity contribution in [2.24, 2.45) is 5.92 Å². The minimum absolute atomic E-state index is 0.0234. The highest BCUT2D eigenvalue weighted by Crippen LogP contribution is 2.25. The fourth-order valence-corrected chi connectivity index (χ4v) is 4.38. The average Bonchev–Trinajstić information content (AvgIpc) is 3.39. The first kappa shape index (κ1) is 20.8. The number of aryl methyl sites for hydroxylation is 1. The van der Waals surface area contributed by atoms with Crippen LogP contribution < -0.4 is 5.32 Å². The fourth-order valence-electron chi connectivity index (χ4n) is 4.38. The Morgan fingerprint density at radius 2 is 1.79 bits per heavy atom. The summed E-state index contributed by atoms with van der Waals surface area (Å²) in [6.45, 7) is 3.08. The Hall–Kier alpha value is -4.07. The van der Waals surface area contributed by atoms with Gasteiger partial charge in [-0.05, 0) is 64.7 Å². The van der Waals surface area contributed by atoms with Gasteiger partial charge >= 0.3 is 0 Å². The molecule has 0 aliphatic carbocycles. The number of benzene rings is 3. The molecule has 8 nitrogen and oxygen atoms in total. The van der Waals surface area contributed by atoms with Crippen molar-refractivity contribution >= 4 is 28.3 Å². The molecule has 1 aromatic heterocycles. The molecule has 0 radical (unpaired) electrons. The van der Waals surface area contributed by atoms with Gasteiger partial charge in [0.2, 0.25) is 5.91 Å². The molecule has 0 atom stereocenters. The molecule has 1 fully saturated rings. The molecule has 0 bridgehead atoms. The number of amides is 2. The number of nitrogens with one attached hydrogen (secondary N) is 1. The van der Waals surface area contributed by atoms with Crippen molar-refractivity contribution in [3.05, 3.63) is 78.1 Å². The van der Waals surface area contributed by atoms with Gasteiger partial charge in [-0.3, -0.25) is 9.59 Å². The molecule has 166 valence electrons. The third-order valence-electron chi connectivity index (χ3n) is 6.25. The van der Waals surface area contributed by atoms with Gasteiger partial charge in [0.1, 0.15) is 6.33 Å². The van der Waals surface area contributed by atoms with E-state index in [0.717, 1.165) is 22.0 Å². The van der Waals surface area contributed by atoms with Crippen molar-refractivity contribution in [3.63, 3.8) is 0 Å². The maximum Gasteiger partial charge on any atom is 0.254 e. The second-order valence-electron chi connectivity index (χ2n) is 8.34. The van der Waals surface area contributed by atoms with E-state index >= 15 is 0 Å². The Kier molecular flexibility index (Phi) is 5.56. The molecule has 1 aliphatic rings. The van der Waals surface area contributed by atoms with E-state index in [9.17, 15) is 9.59 Å². The van der Waals surface area contributed by atoms with E-state index in [-0.39, 0.29) is 17.7 Å². The zero-order chi connectivity index (χ0) is 22.8. The summed E-state index contributed by atoms with van der Waals surface area (Å²) < 4.78 is 1.57. The van der Waals surface area contributed by atoms with E-state index < -0.39 is 0 Å². The number of tetrazole rings is 1. The summed E-state index contributed by atoms with van der Waals surface area (Å²) in [5.74, 6) is -0.145. The van der Waals surface area contributed by atoms with Crippen LogP contribution >= 0.6 is 0 Å². The SMILES string of the molecule is Cc1ccc(NC(=O)C2CCN(C(=O)c3cccc4ccccc34)CC2)cc1-n1cnnn1. The Balaban J connectivity index is 1.24. The van der Waals surface area contributed by atoms with Crippen molar-refractivity contribution < 1.29 is 9.59 Å². The van der Waals surface area contributed by atoms with Crippen LogP contribution in [0.4, 0.5) is 5.69 Å². The molecule has 1 saturated heterocycles. The molecule has 2 amide bonds. The standard InChI is InChI=1S/C25H24N6O2/c1-17-9-10-20(15-23(17)31-16-26-28-29-31)27-24(32)19-11-13-30(14-12-19)25(33)22-8-4-6-18-5-2-3-7-21(18)22/h2-10,15-16,19H,11-14H2,1H3,(H,27,32). The van der Waals surface area contributed by atoms with Gasteiger partial charge in [-0.2, -0.15) is 0 Å². The van der Waals surface area contributed by atoms with E-state index in [4.69, 9.17) is 0 Å². The average molecular weight is 441 g/mol. The van der Waals surface area contributed by atoms with Gasteiger partial charge in [0, 0.05) is 30.3 Å². The van der Waals surface area contributed by atoms with Crippen LogP contribution in [0.1, 0.15) is 28.8 Å². The largest absolute Gasteiger partial charge is 0.339 e. The molecule has 0 unspecified atom stereocenters. The number of carbonyl (C=O) groups is 2. The predicted octanol–water partition coefficient (Wildman–Crippen LogP) is 3.61. The summed E-state index contributed by atoms with van der Waals surface area (Å²) in [6.07, 6.45) is 2.79.